The van der Waals surface area contributed by atoms with E-state index < -0.39 is 5.97 Å². The lowest BCUT2D eigenvalue weighted by molar-refractivity contribution is -0.142. The van der Waals surface area contributed by atoms with Gasteiger partial charge in [-0.3, -0.25) is 9.59 Å². The number of carbonyl (C=O) groups excluding carboxylic acids is 1. The van der Waals surface area contributed by atoms with E-state index in [0.29, 0.717) is 6.54 Å². The molecule has 1 aliphatic rings. The number of nitrogens with zero attached hydrogens (tertiary/aromatic N) is 1. The smallest absolute Gasteiger partial charge is 0.305 e. The molecule has 4 heteroatoms. The molecule has 1 fully saturated rings. The molecule has 1 heterocycles. The topological polar surface area (TPSA) is 57.6 Å². The number of rotatable bonds is 3. The average molecular weight is 241 g/mol. The third kappa shape index (κ3) is 3.45. The summed E-state index contributed by atoms with van der Waals surface area (Å²) in [5.74, 6) is -0.795. The molecule has 0 radical (unpaired) electrons. The molecule has 4 nitrogen and oxygen atoms in total. The summed E-state index contributed by atoms with van der Waals surface area (Å²) < 4.78 is 0. The van der Waals surface area contributed by atoms with Gasteiger partial charge in [0.05, 0.1) is 6.42 Å². The van der Waals surface area contributed by atoms with Gasteiger partial charge in [-0.15, -0.1) is 0 Å². The quantitative estimate of drug-likeness (QED) is 0.823. The van der Waals surface area contributed by atoms with Crippen LogP contribution in [-0.2, 0) is 9.59 Å². The van der Waals surface area contributed by atoms with Crippen LogP contribution in [0.2, 0.25) is 0 Å². The Morgan fingerprint density at radius 1 is 1.41 bits per heavy atom. The van der Waals surface area contributed by atoms with E-state index in [9.17, 15) is 9.59 Å². The van der Waals surface area contributed by atoms with Gasteiger partial charge in [0, 0.05) is 18.5 Å². The predicted octanol–water partition coefficient (Wildman–Crippen LogP) is 2.13. The molecule has 2 unspecified atom stereocenters. The second kappa shape index (κ2) is 5.07. The van der Waals surface area contributed by atoms with Crippen LogP contribution in [0.5, 0.6) is 0 Å². The summed E-state index contributed by atoms with van der Waals surface area (Å²) in [6, 6.07) is -0.107. The summed E-state index contributed by atoms with van der Waals surface area (Å²) in [4.78, 5) is 24.8. The molecular weight excluding hydrogens is 218 g/mol. The molecular formula is C13H23NO3. The van der Waals surface area contributed by atoms with Crippen molar-refractivity contribution in [1.82, 2.24) is 4.90 Å². The molecule has 0 aliphatic carbocycles. The first-order valence-corrected chi connectivity index (χ1v) is 6.25. The van der Waals surface area contributed by atoms with Crippen LogP contribution in [0.4, 0.5) is 0 Å². The van der Waals surface area contributed by atoms with E-state index in [1.807, 2.05) is 27.7 Å². The molecule has 0 aromatic heterocycles. The van der Waals surface area contributed by atoms with Gasteiger partial charge in [-0.2, -0.15) is 0 Å². The molecule has 0 aromatic carbocycles. The zero-order valence-electron chi connectivity index (χ0n) is 11.2. The minimum atomic E-state index is -0.821. The Morgan fingerprint density at radius 2 is 2.00 bits per heavy atom. The fraction of sp³-hybridized carbons (Fsp3) is 0.846. The fourth-order valence-corrected chi connectivity index (χ4v) is 2.16. The number of hydrogen-bond donors (Lipinski definition) is 1. The molecule has 17 heavy (non-hydrogen) atoms. The summed E-state index contributed by atoms with van der Waals surface area (Å²) in [6.45, 7) is 8.75. The van der Waals surface area contributed by atoms with Gasteiger partial charge in [-0.05, 0) is 18.3 Å². The summed E-state index contributed by atoms with van der Waals surface area (Å²) >= 11 is 0. The van der Waals surface area contributed by atoms with Gasteiger partial charge >= 0.3 is 5.97 Å². The van der Waals surface area contributed by atoms with Crippen molar-refractivity contribution in [3.63, 3.8) is 0 Å². The standard InChI is InChI=1S/C13H23NO3/c1-9(13(2,3)4)12(17)14-7-5-6-10(14)8-11(15)16/h9-10H,5-8H2,1-4H3,(H,15,16). The van der Waals surface area contributed by atoms with Crippen molar-refractivity contribution in [2.75, 3.05) is 6.54 Å². The van der Waals surface area contributed by atoms with Crippen molar-refractivity contribution >= 4 is 11.9 Å². The highest BCUT2D eigenvalue weighted by Crippen LogP contribution is 2.30. The zero-order chi connectivity index (χ0) is 13.2. The zero-order valence-corrected chi connectivity index (χ0v) is 11.2. The van der Waals surface area contributed by atoms with E-state index >= 15 is 0 Å². The van der Waals surface area contributed by atoms with Crippen LogP contribution in [0.15, 0.2) is 0 Å². The Kier molecular flexibility index (Phi) is 4.17. The molecule has 0 aromatic rings. The number of aliphatic carboxylic acids is 1. The molecule has 98 valence electrons. The normalized spacial score (nSPS) is 22.6. The third-order valence-electron chi connectivity index (χ3n) is 3.74. The van der Waals surface area contributed by atoms with Crippen molar-refractivity contribution in [3.05, 3.63) is 0 Å². The number of carbonyl (C=O) groups is 2. The maximum atomic E-state index is 12.3. The Labute approximate surface area is 103 Å². The van der Waals surface area contributed by atoms with Gasteiger partial charge in [0.1, 0.15) is 0 Å². The SMILES string of the molecule is CC(C(=O)N1CCCC1CC(=O)O)C(C)(C)C. The van der Waals surface area contributed by atoms with Gasteiger partial charge in [0.25, 0.3) is 0 Å². The maximum absolute atomic E-state index is 12.3. The van der Waals surface area contributed by atoms with Crippen LogP contribution in [0.1, 0.15) is 47.0 Å². The van der Waals surface area contributed by atoms with Crippen LogP contribution in [0, 0.1) is 11.3 Å². The van der Waals surface area contributed by atoms with Crippen molar-refractivity contribution in [1.29, 1.82) is 0 Å². The molecule has 2 atom stereocenters. The molecule has 1 aliphatic heterocycles. The van der Waals surface area contributed by atoms with Gasteiger partial charge in [0.15, 0.2) is 0 Å². The fourth-order valence-electron chi connectivity index (χ4n) is 2.16. The van der Waals surface area contributed by atoms with Crippen LogP contribution >= 0.6 is 0 Å². The lowest BCUT2D eigenvalue weighted by Gasteiger charge is -2.32. The second-order valence-corrected chi connectivity index (χ2v) is 6.01. The highest BCUT2D eigenvalue weighted by Gasteiger charge is 2.36. The number of carboxylic acids is 1. The maximum Gasteiger partial charge on any atom is 0.305 e. The van der Waals surface area contributed by atoms with Gasteiger partial charge in [-0.25, -0.2) is 0 Å². The largest absolute Gasteiger partial charge is 0.481 e. The second-order valence-electron chi connectivity index (χ2n) is 6.01. The molecule has 1 amide bonds. The van der Waals surface area contributed by atoms with Gasteiger partial charge < -0.3 is 10.0 Å². The van der Waals surface area contributed by atoms with E-state index in [1.54, 1.807) is 4.90 Å². The summed E-state index contributed by atoms with van der Waals surface area (Å²) in [5.41, 5.74) is -0.0759. The highest BCUT2D eigenvalue weighted by molar-refractivity contribution is 5.80. The predicted molar refractivity (Wildman–Crippen MR) is 65.6 cm³/mol. The minimum absolute atomic E-state index is 0.0720. The monoisotopic (exact) mass is 241 g/mol. The van der Waals surface area contributed by atoms with E-state index in [-0.39, 0.29) is 29.7 Å². The van der Waals surface area contributed by atoms with Crippen LogP contribution in [-0.4, -0.2) is 34.5 Å². The van der Waals surface area contributed by atoms with E-state index in [1.165, 1.54) is 0 Å². The molecule has 1 rings (SSSR count). The number of likely N-dealkylation sites (tertiary alicyclic amines) is 1. The average Bonchev–Trinajstić information content (AvgIpc) is 2.61. The highest BCUT2D eigenvalue weighted by atomic mass is 16.4. The number of hydrogen-bond acceptors (Lipinski definition) is 2. The van der Waals surface area contributed by atoms with Crippen molar-refractivity contribution in [3.8, 4) is 0 Å². The first-order valence-electron chi connectivity index (χ1n) is 6.25. The van der Waals surface area contributed by atoms with Gasteiger partial charge in [-0.1, -0.05) is 27.7 Å². The first kappa shape index (κ1) is 14.0. The van der Waals surface area contributed by atoms with Crippen molar-refractivity contribution < 1.29 is 14.7 Å². The Balaban J connectivity index is 2.71. The summed E-state index contributed by atoms with van der Waals surface area (Å²) in [7, 11) is 0. The lowest BCUT2D eigenvalue weighted by Crippen LogP contribution is -2.43. The lowest BCUT2D eigenvalue weighted by atomic mass is 9.81. The molecule has 0 spiro atoms. The molecule has 1 saturated heterocycles. The third-order valence-corrected chi connectivity index (χ3v) is 3.74. The van der Waals surface area contributed by atoms with Crippen molar-refractivity contribution in [2.45, 2.75) is 53.0 Å². The van der Waals surface area contributed by atoms with Crippen molar-refractivity contribution in [2.24, 2.45) is 11.3 Å². The number of carboxylic acid groups (broad SMARTS) is 1. The Bertz CT molecular complexity index is 306. The van der Waals surface area contributed by atoms with E-state index in [0.717, 1.165) is 12.8 Å². The minimum Gasteiger partial charge on any atom is -0.481 e. The van der Waals surface area contributed by atoms with E-state index in [4.69, 9.17) is 5.11 Å². The molecule has 1 N–H and O–H groups in total. The Morgan fingerprint density at radius 3 is 2.47 bits per heavy atom. The van der Waals surface area contributed by atoms with Crippen LogP contribution in [0.25, 0.3) is 0 Å². The summed E-state index contributed by atoms with van der Waals surface area (Å²) in [6.07, 6.45) is 1.80. The first-order chi connectivity index (χ1) is 7.73. The molecule has 0 saturated carbocycles. The Hall–Kier alpha value is -1.06. The van der Waals surface area contributed by atoms with Crippen LogP contribution < -0.4 is 0 Å². The summed E-state index contributed by atoms with van der Waals surface area (Å²) in [5, 5.41) is 8.83. The number of amides is 1. The van der Waals surface area contributed by atoms with Gasteiger partial charge in [0.2, 0.25) is 5.91 Å². The molecule has 0 bridgehead atoms. The van der Waals surface area contributed by atoms with Crippen LogP contribution in [0.3, 0.4) is 0 Å². The van der Waals surface area contributed by atoms with E-state index in [2.05, 4.69) is 0 Å².